The van der Waals surface area contributed by atoms with Gasteiger partial charge in [-0.05, 0) is 72.2 Å². The number of hydrogen-bond acceptors (Lipinski definition) is 4. The number of aryl methyl sites for hydroxylation is 2. The molecule has 9 aromatic rings. The van der Waals surface area contributed by atoms with Crippen molar-refractivity contribution in [1.29, 1.82) is 0 Å². The maximum atomic E-state index is 6.59. The summed E-state index contributed by atoms with van der Waals surface area (Å²) in [6.45, 7) is 13.2. The number of para-hydroxylation sites is 2. The number of pyridine rings is 2. The van der Waals surface area contributed by atoms with E-state index in [0.29, 0.717) is 0 Å². The van der Waals surface area contributed by atoms with Gasteiger partial charge in [0.15, 0.2) is 0 Å². The van der Waals surface area contributed by atoms with Crippen molar-refractivity contribution in [2.45, 2.75) is 70.6 Å². The number of hydrogen-bond donors (Lipinski definition) is 0. The van der Waals surface area contributed by atoms with Gasteiger partial charge >= 0.3 is 99.8 Å². The van der Waals surface area contributed by atoms with E-state index in [2.05, 4.69) is 152 Å². The minimum absolute atomic E-state index is 0. The van der Waals surface area contributed by atoms with Crippen LogP contribution in [0.4, 0.5) is 0 Å². The van der Waals surface area contributed by atoms with Gasteiger partial charge in [-0.1, -0.05) is 81.1 Å². The molecule has 4 aromatic heterocycles. The summed E-state index contributed by atoms with van der Waals surface area (Å²) in [5.74, 6) is 8.55. The molecule has 7 heteroatoms. The van der Waals surface area contributed by atoms with Gasteiger partial charge in [0.05, 0.1) is 22.4 Å². The molecule has 0 amide bonds. The van der Waals surface area contributed by atoms with Gasteiger partial charge in [0.1, 0.15) is 5.58 Å². The van der Waals surface area contributed by atoms with Crippen molar-refractivity contribution in [3.05, 3.63) is 162 Å². The fourth-order valence-corrected chi connectivity index (χ4v) is 10.0. The van der Waals surface area contributed by atoms with Crippen LogP contribution in [0.1, 0.15) is 62.0 Å². The van der Waals surface area contributed by atoms with Gasteiger partial charge in [0.2, 0.25) is 0 Å². The SMILES string of the molecule is Cc1cc2oc3c(-c4nc5ccccc5n4-c4c(C(C)C)cc(-c5ccccc5)cc4C(C)C)[c-]ccc3c2c(C)n1.[CH3][Ge]([CH3])([CH3])[c]1ccc(-c2[c-]cccc2)nc1.[Ir]. The molecule has 0 bridgehead atoms. The van der Waals surface area contributed by atoms with Crippen molar-refractivity contribution < 1.29 is 24.5 Å². The molecule has 0 saturated carbocycles. The zero-order chi connectivity index (χ0) is 40.7. The molecular weight excluding hydrogens is 961 g/mol. The van der Waals surface area contributed by atoms with Crippen LogP contribution in [0.5, 0.6) is 0 Å². The summed E-state index contributed by atoms with van der Waals surface area (Å²) in [6.07, 6.45) is 2.04. The quantitative estimate of drug-likeness (QED) is 0.118. The van der Waals surface area contributed by atoms with Crippen LogP contribution in [0, 0.1) is 26.0 Å². The summed E-state index contributed by atoms with van der Waals surface area (Å²) in [4.78, 5) is 14.5. The number of nitrogens with zero attached hydrogens (tertiary/aromatic N) is 4. The predicted octanol–water partition coefficient (Wildman–Crippen LogP) is 13.4. The van der Waals surface area contributed by atoms with E-state index in [1.54, 1.807) is 0 Å². The molecule has 0 saturated heterocycles. The van der Waals surface area contributed by atoms with Crippen LogP contribution in [0.25, 0.3) is 72.4 Å². The topological polar surface area (TPSA) is 56.7 Å². The van der Waals surface area contributed by atoms with Gasteiger partial charge in [-0.25, -0.2) is 0 Å². The van der Waals surface area contributed by atoms with Gasteiger partial charge < -0.3 is 8.98 Å². The fraction of sp³-hybridized carbons (Fsp3) is 0.212. The molecule has 0 spiro atoms. The molecule has 0 atom stereocenters. The molecule has 5 nitrogen and oxygen atoms in total. The van der Waals surface area contributed by atoms with Crippen LogP contribution in [0.15, 0.2) is 132 Å². The van der Waals surface area contributed by atoms with E-state index < -0.39 is 13.3 Å². The van der Waals surface area contributed by atoms with Crippen LogP contribution in [0.3, 0.4) is 0 Å². The normalized spacial score (nSPS) is 11.6. The van der Waals surface area contributed by atoms with Gasteiger partial charge in [0.25, 0.3) is 0 Å². The standard InChI is InChI=1S/C38H34N3O.C14H16GeN.Ir/c1-22(2)30-20-27(26-13-8-7-9-14-26)21-31(23(3)4)36(30)41-33-18-11-10-17-32(33)40-38(41)29-16-12-15-28-35-25(6)39-24(5)19-34(35)42-37(28)29;1-15(2,3)13-9-10-14(16-11-13)12-7-5-4-6-8-12;/h7-15,17-23H,1-6H3;4-7,9-11H,1-3H3;/q2*-1;. The molecule has 0 fully saturated rings. The predicted molar refractivity (Wildman–Crippen MR) is 245 cm³/mol. The molecule has 5 aromatic carbocycles. The molecule has 0 aliphatic carbocycles. The van der Waals surface area contributed by atoms with E-state index in [1.807, 2.05) is 56.4 Å². The molecule has 1 radical (unpaired) electrons. The number of rotatable bonds is 7. The van der Waals surface area contributed by atoms with Crippen LogP contribution >= 0.6 is 0 Å². The maximum Gasteiger partial charge on any atom is 0 e. The monoisotopic (exact) mass is 1010 g/mol. The first kappa shape index (κ1) is 42.0. The van der Waals surface area contributed by atoms with Crippen molar-refractivity contribution >= 4 is 50.6 Å². The second-order valence-corrected chi connectivity index (χ2v) is 27.5. The van der Waals surface area contributed by atoms with E-state index >= 15 is 0 Å². The largest absolute Gasteiger partial charge is 0 e. The first-order valence-electron chi connectivity index (χ1n) is 20.2. The zero-order valence-corrected chi connectivity index (χ0v) is 39.8. The van der Waals surface area contributed by atoms with Gasteiger partial charge in [-0.15, -0.1) is 18.2 Å². The summed E-state index contributed by atoms with van der Waals surface area (Å²) < 4.78 is 10.4. The van der Waals surface area contributed by atoms with Gasteiger partial charge in [-0.2, -0.15) is 0 Å². The van der Waals surface area contributed by atoms with Gasteiger partial charge in [0, 0.05) is 48.6 Å². The summed E-state index contributed by atoms with van der Waals surface area (Å²) >= 11 is -1.72. The first-order valence-corrected chi connectivity index (χ1v) is 27.6. The van der Waals surface area contributed by atoms with Crippen molar-refractivity contribution in [3.8, 4) is 39.5 Å². The summed E-state index contributed by atoms with van der Waals surface area (Å²) in [6, 6.07) is 48.9. The number of furan rings is 1. The summed E-state index contributed by atoms with van der Waals surface area (Å²) in [5, 5.41) is 2.08. The molecule has 9 rings (SSSR count). The molecule has 299 valence electrons. The Morgan fingerprint density at radius 2 is 1.39 bits per heavy atom. The third-order valence-electron chi connectivity index (χ3n) is 10.9. The van der Waals surface area contributed by atoms with Crippen molar-refractivity contribution in [1.82, 2.24) is 19.5 Å². The van der Waals surface area contributed by atoms with E-state index in [4.69, 9.17) is 14.4 Å². The Morgan fingerprint density at radius 3 is 2.03 bits per heavy atom. The molecule has 0 aliphatic heterocycles. The molecular formula is C52H50GeIrN4O-2. The summed E-state index contributed by atoms with van der Waals surface area (Å²) in [5.41, 5.74) is 14.7. The Bertz CT molecular complexity index is 2860. The van der Waals surface area contributed by atoms with Crippen LogP contribution in [0.2, 0.25) is 17.3 Å². The van der Waals surface area contributed by atoms with Crippen molar-refractivity contribution in [3.63, 3.8) is 0 Å². The number of benzene rings is 5. The summed E-state index contributed by atoms with van der Waals surface area (Å²) in [7, 11) is 0. The number of fused-ring (bicyclic) bond motifs is 4. The molecule has 0 aliphatic rings. The molecule has 0 N–H and O–H groups in total. The fourth-order valence-electron chi connectivity index (χ4n) is 7.85. The Balaban J connectivity index is 0.000000262. The zero-order valence-electron chi connectivity index (χ0n) is 35.3. The Kier molecular flexibility index (Phi) is 12.3. The number of aromatic nitrogens is 4. The molecule has 4 heterocycles. The Morgan fingerprint density at radius 1 is 0.695 bits per heavy atom. The third-order valence-corrected chi connectivity index (χ3v) is 15.1. The Labute approximate surface area is 364 Å². The smallest absolute Gasteiger partial charge is 0 e. The van der Waals surface area contributed by atoms with E-state index in [-0.39, 0.29) is 31.9 Å². The minimum Gasteiger partial charge on any atom is 0 e. The Hall–Kier alpha value is -5.14. The minimum atomic E-state index is -1.72. The van der Waals surface area contributed by atoms with Crippen LogP contribution < -0.4 is 4.40 Å². The molecule has 0 unspecified atom stereocenters. The third kappa shape index (κ3) is 8.36. The van der Waals surface area contributed by atoms with E-state index in [0.717, 1.165) is 67.0 Å². The van der Waals surface area contributed by atoms with E-state index in [1.165, 1.54) is 32.3 Å². The average Bonchev–Trinajstić information content (AvgIpc) is 3.79. The second kappa shape index (κ2) is 17.2. The van der Waals surface area contributed by atoms with Gasteiger partial charge in [-0.3, -0.25) is 9.97 Å². The van der Waals surface area contributed by atoms with Crippen LogP contribution in [-0.4, -0.2) is 32.8 Å². The average molecular weight is 1010 g/mol. The first-order chi connectivity index (χ1) is 27.9. The van der Waals surface area contributed by atoms with Crippen molar-refractivity contribution in [2.75, 3.05) is 0 Å². The molecule has 59 heavy (non-hydrogen) atoms. The second-order valence-electron chi connectivity index (χ2n) is 16.8. The van der Waals surface area contributed by atoms with Crippen LogP contribution in [-0.2, 0) is 20.1 Å². The maximum absolute atomic E-state index is 6.59. The number of imidazole rings is 1. The van der Waals surface area contributed by atoms with E-state index in [9.17, 15) is 0 Å². The van der Waals surface area contributed by atoms with Crippen molar-refractivity contribution in [2.24, 2.45) is 0 Å².